The van der Waals surface area contributed by atoms with Crippen LogP contribution in [0.3, 0.4) is 0 Å². The molecule has 1 amide bonds. The van der Waals surface area contributed by atoms with Crippen LogP contribution in [-0.4, -0.2) is 40.6 Å². The average Bonchev–Trinajstić information content (AvgIpc) is 2.88. The first-order valence-electron chi connectivity index (χ1n) is 6.89. The molecule has 21 heavy (non-hydrogen) atoms. The molecule has 1 saturated heterocycles. The summed E-state index contributed by atoms with van der Waals surface area (Å²) in [5, 5.41) is 9.41. The molecule has 1 heterocycles. The van der Waals surface area contributed by atoms with Gasteiger partial charge in [-0.1, -0.05) is 24.8 Å². The van der Waals surface area contributed by atoms with Crippen LogP contribution in [0.2, 0.25) is 0 Å². The molecule has 0 radical (unpaired) electrons. The van der Waals surface area contributed by atoms with Crippen LogP contribution >= 0.6 is 0 Å². The monoisotopic (exact) mass is 289 g/mol. The molecule has 1 aromatic carbocycles. The Kier molecular flexibility index (Phi) is 4.31. The van der Waals surface area contributed by atoms with E-state index in [-0.39, 0.29) is 5.91 Å². The molecular formula is C16H19NO4. The highest BCUT2D eigenvalue weighted by atomic mass is 16.5. The van der Waals surface area contributed by atoms with Gasteiger partial charge in [-0.05, 0) is 31.9 Å². The van der Waals surface area contributed by atoms with Crippen LogP contribution in [-0.2, 0) is 4.79 Å². The predicted octanol–water partition coefficient (Wildman–Crippen LogP) is 2.33. The fourth-order valence-corrected chi connectivity index (χ4v) is 2.57. The van der Waals surface area contributed by atoms with Gasteiger partial charge in [0.25, 0.3) is 5.91 Å². The van der Waals surface area contributed by atoms with Gasteiger partial charge >= 0.3 is 5.97 Å². The topological polar surface area (TPSA) is 66.8 Å². The van der Waals surface area contributed by atoms with E-state index in [1.54, 1.807) is 37.3 Å². The van der Waals surface area contributed by atoms with Crippen LogP contribution in [0.1, 0.15) is 30.1 Å². The number of amides is 1. The van der Waals surface area contributed by atoms with Gasteiger partial charge in [-0.25, -0.2) is 4.79 Å². The molecule has 0 aliphatic carbocycles. The highest BCUT2D eigenvalue weighted by Gasteiger charge is 2.46. The molecule has 112 valence electrons. The van der Waals surface area contributed by atoms with Gasteiger partial charge in [-0.3, -0.25) is 4.79 Å². The Morgan fingerprint density at radius 3 is 2.86 bits per heavy atom. The molecule has 0 bridgehead atoms. The van der Waals surface area contributed by atoms with Crippen LogP contribution in [0, 0.1) is 0 Å². The maximum Gasteiger partial charge on any atom is 0.329 e. The van der Waals surface area contributed by atoms with Crippen molar-refractivity contribution in [1.29, 1.82) is 0 Å². The van der Waals surface area contributed by atoms with E-state index in [9.17, 15) is 14.7 Å². The zero-order chi connectivity index (χ0) is 15.5. The zero-order valence-corrected chi connectivity index (χ0v) is 12.0. The van der Waals surface area contributed by atoms with Gasteiger partial charge < -0.3 is 14.7 Å². The Morgan fingerprint density at radius 2 is 2.19 bits per heavy atom. The highest BCUT2D eigenvalue weighted by molar-refractivity contribution is 6.00. The molecule has 2 rings (SSSR count). The number of benzene rings is 1. The van der Waals surface area contributed by atoms with Crippen LogP contribution in [0.5, 0.6) is 5.75 Å². The van der Waals surface area contributed by atoms with Crippen molar-refractivity contribution < 1.29 is 19.4 Å². The average molecular weight is 289 g/mol. The lowest BCUT2D eigenvalue weighted by Gasteiger charge is -2.31. The lowest BCUT2D eigenvalue weighted by atomic mass is 9.98. The number of hydrogen-bond acceptors (Lipinski definition) is 3. The second kappa shape index (κ2) is 5.99. The third-order valence-corrected chi connectivity index (χ3v) is 3.82. The van der Waals surface area contributed by atoms with E-state index >= 15 is 0 Å². The normalized spacial score (nSPS) is 21.1. The number of rotatable bonds is 5. The zero-order valence-electron chi connectivity index (χ0n) is 12.0. The maximum absolute atomic E-state index is 12.7. The number of para-hydroxylation sites is 1. The number of carboxylic acids is 1. The lowest BCUT2D eigenvalue weighted by molar-refractivity contribution is -0.147. The third kappa shape index (κ3) is 2.77. The number of likely N-dealkylation sites (tertiary alicyclic amines) is 1. The van der Waals surface area contributed by atoms with Crippen LogP contribution in [0.25, 0.3) is 0 Å². The summed E-state index contributed by atoms with van der Waals surface area (Å²) in [6, 6.07) is 6.87. The summed E-state index contributed by atoms with van der Waals surface area (Å²) in [7, 11) is 0. The third-order valence-electron chi connectivity index (χ3n) is 3.82. The minimum Gasteiger partial charge on any atom is -0.489 e. The Labute approximate surface area is 123 Å². The molecule has 1 atom stereocenters. The lowest BCUT2D eigenvalue weighted by Crippen LogP contribution is -2.50. The van der Waals surface area contributed by atoms with Gasteiger partial charge in [0.05, 0.1) is 5.56 Å². The molecule has 1 fully saturated rings. The van der Waals surface area contributed by atoms with E-state index in [0.29, 0.717) is 37.3 Å². The van der Waals surface area contributed by atoms with E-state index in [2.05, 4.69) is 6.58 Å². The molecule has 1 N–H and O–H groups in total. The van der Waals surface area contributed by atoms with Gasteiger partial charge in [0.15, 0.2) is 0 Å². The molecule has 1 unspecified atom stereocenters. The number of carbonyl (C=O) groups excluding carboxylic acids is 1. The molecule has 5 nitrogen and oxygen atoms in total. The van der Waals surface area contributed by atoms with Crippen molar-refractivity contribution >= 4 is 11.9 Å². The number of aliphatic carboxylic acids is 1. The van der Waals surface area contributed by atoms with Crippen LogP contribution < -0.4 is 4.74 Å². The summed E-state index contributed by atoms with van der Waals surface area (Å²) in [5.41, 5.74) is -0.767. The number of hydrogen-bond donors (Lipinski definition) is 1. The smallest absolute Gasteiger partial charge is 0.329 e. The van der Waals surface area contributed by atoms with Gasteiger partial charge in [0, 0.05) is 6.54 Å². The second-order valence-corrected chi connectivity index (χ2v) is 5.24. The Balaban J connectivity index is 2.32. The van der Waals surface area contributed by atoms with Crippen molar-refractivity contribution in [2.24, 2.45) is 0 Å². The first-order valence-corrected chi connectivity index (χ1v) is 6.89. The summed E-state index contributed by atoms with van der Waals surface area (Å²) >= 11 is 0. The molecule has 0 saturated carbocycles. The quantitative estimate of drug-likeness (QED) is 0.845. The number of ether oxygens (including phenoxy) is 1. The molecule has 0 spiro atoms. The van der Waals surface area contributed by atoms with Crippen LogP contribution in [0.15, 0.2) is 36.9 Å². The minimum absolute atomic E-state index is 0.292. The molecule has 0 aromatic heterocycles. The van der Waals surface area contributed by atoms with E-state index in [1.807, 2.05) is 0 Å². The first-order chi connectivity index (χ1) is 10.0. The molecule has 5 heteroatoms. The van der Waals surface area contributed by atoms with Crippen molar-refractivity contribution in [2.75, 3.05) is 13.2 Å². The van der Waals surface area contributed by atoms with Crippen molar-refractivity contribution in [1.82, 2.24) is 4.90 Å². The molecule has 1 aliphatic heterocycles. The molecular weight excluding hydrogens is 270 g/mol. The van der Waals surface area contributed by atoms with Crippen molar-refractivity contribution in [3.8, 4) is 5.75 Å². The van der Waals surface area contributed by atoms with Crippen molar-refractivity contribution in [2.45, 2.75) is 25.3 Å². The molecule has 1 aliphatic rings. The Morgan fingerprint density at radius 1 is 1.48 bits per heavy atom. The summed E-state index contributed by atoms with van der Waals surface area (Å²) in [5.74, 6) is -0.836. The maximum atomic E-state index is 12.7. The van der Waals surface area contributed by atoms with Gasteiger partial charge in [0.2, 0.25) is 0 Å². The summed E-state index contributed by atoms with van der Waals surface area (Å²) in [6.45, 7) is 5.90. The van der Waals surface area contributed by atoms with E-state index < -0.39 is 11.5 Å². The predicted molar refractivity (Wildman–Crippen MR) is 78.4 cm³/mol. The minimum atomic E-state index is -1.15. The fraction of sp³-hybridized carbons (Fsp3) is 0.375. The fourth-order valence-electron chi connectivity index (χ4n) is 2.57. The van der Waals surface area contributed by atoms with Gasteiger partial charge in [-0.2, -0.15) is 0 Å². The van der Waals surface area contributed by atoms with Crippen LogP contribution in [0.4, 0.5) is 0 Å². The molecule has 1 aromatic rings. The number of nitrogens with zero attached hydrogens (tertiary/aromatic N) is 1. The first kappa shape index (κ1) is 15.1. The Hall–Kier alpha value is -2.30. The summed E-state index contributed by atoms with van der Waals surface area (Å²) < 4.78 is 5.48. The van der Waals surface area contributed by atoms with Crippen molar-refractivity contribution in [3.63, 3.8) is 0 Å². The van der Waals surface area contributed by atoms with E-state index in [4.69, 9.17) is 4.74 Å². The SMILES string of the molecule is C=CCOc1ccccc1C(=O)N1CCCC1(C)C(=O)O. The number of carboxylic acid groups (broad SMARTS) is 1. The van der Waals surface area contributed by atoms with E-state index in [1.165, 1.54) is 4.90 Å². The second-order valence-electron chi connectivity index (χ2n) is 5.24. The Bertz CT molecular complexity index is 569. The van der Waals surface area contributed by atoms with E-state index in [0.717, 1.165) is 0 Å². The van der Waals surface area contributed by atoms with Crippen molar-refractivity contribution in [3.05, 3.63) is 42.5 Å². The van der Waals surface area contributed by atoms with Gasteiger partial charge in [-0.15, -0.1) is 0 Å². The summed E-state index contributed by atoms with van der Waals surface area (Å²) in [6.07, 6.45) is 2.74. The highest BCUT2D eigenvalue weighted by Crippen LogP contribution is 2.32. The standard InChI is InChI=1S/C16H19NO4/c1-3-11-21-13-8-5-4-7-12(13)14(18)17-10-6-9-16(17,2)15(19)20/h3-5,7-8H,1,6,9-11H2,2H3,(H,19,20). The number of carbonyl (C=O) groups is 2. The van der Waals surface area contributed by atoms with Gasteiger partial charge in [0.1, 0.15) is 17.9 Å². The summed E-state index contributed by atoms with van der Waals surface area (Å²) in [4.78, 5) is 25.6. The largest absolute Gasteiger partial charge is 0.489 e.